The average Bonchev–Trinajstić information content (AvgIpc) is 0.739. The number of hydrogen-bond donors (Lipinski definition) is 0. The summed E-state index contributed by atoms with van der Waals surface area (Å²) in [4.78, 5) is 0. The molecule has 0 aliphatic rings. The van der Waals surface area contributed by atoms with Crippen molar-refractivity contribution in [3.8, 4) is 0 Å². The summed E-state index contributed by atoms with van der Waals surface area (Å²) >= 11 is 0. The zero-order valence-electron chi connectivity index (χ0n) is 43.6. The second-order valence-electron chi connectivity index (χ2n) is 19.4. The quantitative estimate of drug-likeness (QED) is 0.0536. The summed E-state index contributed by atoms with van der Waals surface area (Å²) < 4.78 is 912. The first-order chi connectivity index (χ1) is 43.2. The number of imidazole rings is 1. The van der Waals surface area contributed by atoms with E-state index >= 15 is 0 Å². The first-order valence-electron chi connectivity index (χ1n) is 21.8. The molecule has 0 saturated carbocycles. The summed E-state index contributed by atoms with van der Waals surface area (Å²) in [6, 6.07) is -18.0. The van der Waals surface area contributed by atoms with Crippen molar-refractivity contribution in [1.29, 1.82) is 0 Å². The van der Waals surface area contributed by atoms with Gasteiger partial charge < -0.3 is 0 Å². The van der Waals surface area contributed by atoms with Gasteiger partial charge in [0.2, 0.25) is 0 Å². The smallest absolute Gasteiger partial charge is 0.192 e. The van der Waals surface area contributed by atoms with E-state index in [1.54, 1.807) is 0 Å². The van der Waals surface area contributed by atoms with E-state index in [1.165, 1.54) is 0 Å². The Labute approximate surface area is 509 Å². The fourth-order valence-corrected chi connectivity index (χ4v) is 6.48. The second-order valence-corrected chi connectivity index (χ2v) is 19.4. The van der Waals surface area contributed by atoms with Crippen molar-refractivity contribution in [1.82, 2.24) is 4.57 Å². The van der Waals surface area contributed by atoms with Gasteiger partial charge >= 0.3 is 190 Å². The van der Waals surface area contributed by atoms with Crippen LogP contribution in [0.4, 0.5) is 290 Å². The first-order valence-corrected chi connectivity index (χ1v) is 21.8. The number of alkyl halides is 66. The van der Waals surface area contributed by atoms with Gasteiger partial charge in [-0.2, -0.15) is 299 Å². The van der Waals surface area contributed by atoms with Crippen LogP contribution in [0, 0.1) is 0 Å². The van der Waals surface area contributed by atoms with Gasteiger partial charge in [-0.25, -0.2) is 0 Å². The number of aromatic nitrogens is 2. The van der Waals surface area contributed by atoms with E-state index in [4.69, 9.17) is 0 Å². The Hall–Kier alpha value is -5.41. The summed E-state index contributed by atoms with van der Waals surface area (Å²) in [6.07, 6.45) is -25.4. The molecule has 1 aromatic rings. The van der Waals surface area contributed by atoms with E-state index in [2.05, 4.69) is 0 Å². The fourth-order valence-electron chi connectivity index (χ4n) is 6.48. The third-order valence-electron chi connectivity index (χ3n) is 13.0. The number of nitrogens with zero attached hydrogens (tertiary/aromatic N) is 2. The predicted molar refractivity (Wildman–Crippen MR) is 176 cm³/mol. The highest BCUT2D eigenvalue weighted by molar-refractivity contribution is 5.25. The minimum absolute atomic E-state index is 2.46. The molecule has 1 rings (SSSR count). The number of halogens is 66. The summed E-state index contributed by atoms with van der Waals surface area (Å²) in [7, 11) is 0. The summed E-state index contributed by atoms with van der Waals surface area (Å²) in [5.41, 5.74) is 0. The zero-order valence-corrected chi connectivity index (χ0v) is 43.6. The molecular formula is C35H3F66N2+. The third kappa shape index (κ3) is 10.6. The average molecular weight is 1710 g/mol. The van der Waals surface area contributed by atoms with E-state index in [9.17, 15) is 290 Å². The van der Waals surface area contributed by atoms with Crippen molar-refractivity contribution in [2.45, 2.75) is 190 Å². The topological polar surface area (TPSA) is 8.81 Å². The van der Waals surface area contributed by atoms with Crippen molar-refractivity contribution >= 4 is 0 Å². The maximum Gasteiger partial charge on any atom is 0.469 e. The van der Waals surface area contributed by atoms with Gasteiger partial charge in [0.1, 0.15) is 12.4 Å². The van der Waals surface area contributed by atoms with Gasteiger partial charge in [-0.15, -0.1) is 0 Å². The molecule has 1 aromatic heterocycles. The standard InChI is InChI=1S/C35H3F66N2/c36-4(37,8(44,45)12(52,53)16(60,61)20(68,69)24(76,77)28(84,85)32(92,93)94)6(40,41)10(48,49)14(56,57)18(64,65)22(72,73)26(80,81)30(88,89)34(98,99)102-1-2-103(3-102)35(100,101)31(90,91)27(82,83)23(74,75)19(66,67)15(58,59)11(50,51)7(42,43)5(38,39)9(46,47)13(54,55)17(62,63)21(70,71)25(78,79)29(86,87)33(95,96)97/h1-3H/q+1. The fraction of sp³-hybridized carbons (Fsp3) is 0.914. The van der Waals surface area contributed by atoms with Crippen LogP contribution in [-0.4, -0.2) is 183 Å². The maximum atomic E-state index is 14.8. The summed E-state index contributed by atoms with van der Waals surface area (Å²) in [5.74, 6) is -290. The van der Waals surface area contributed by atoms with Crippen LogP contribution >= 0.6 is 0 Å². The van der Waals surface area contributed by atoms with Gasteiger partial charge in [-0.05, 0) is 0 Å². The Morgan fingerprint density at radius 3 is 0.398 bits per heavy atom. The van der Waals surface area contributed by atoms with Crippen molar-refractivity contribution in [2.75, 3.05) is 0 Å². The Bertz CT molecular complexity index is 3010. The summed E-state index contributed by atoms with van der Waals surface area (Å²) in [6.45, 7) is 0. The highest BCUT2D eigenvalue weighted by Gasteiger charge is 3.05. The predicted octanol–water partition coefficient (Wildman–Crippen LogP) is 20.8. The lowest BCUT2D eigenvalue weighted by atomic mass is 9.83. The monoisotopic (exact) mass is 1700 g/mol. The van der Waals surface area contributed by atoms with Crippen LogP contribution in [-0.2, 0) is 12.1 Å². The minimum atomic E-state index is -10.8. The maximum absolute atomic E-state index is 14.8. The summed E-state index contributed by atoms with van der Waals surface area (Å²) in [5, 5.41) is 0. The van der Waals surface area contributed by atoms with Gasteiger partial charge in [0.25, 0.3) is 6.33 Å². The van der Waals surface area contributed by atoms with Gasteiger partial charge in [0.05, 0.1) is 0 Å². The van der Waals surface area contributed by atoms with E-state index in [1.807, 2.05) is 0 Å². The number of rotatable bonds is 30. The molecule has 68 heteroatoms. The number of hydrogen-bond acceptors (Lipinski definition) is 0. The Balaban J connectivity index is 4.23. The van der Waals surface area contributed by atoms with E-state index < -0.39 is 218 Å². The molecule has 0 amide bonds. The van der Waals surface area contributed by atoms with Crippen molar-refractivity contribution in [2.24, 2.45) is 0 Å². The molecule has 103 heavy (non-hydrogen) atoms. The van der Waals surface area contributed by atoms with Crippen molar-refractivity contribution < 1.29 is 294 Å². The molecule has 0 N–H and O–H groups in total. The first kappa shape index (κ1) is 95.6. The van der Waals surface area contributed by atoms with Crippen LogP contribution in [0.15, 0.2) is 18.7 Å². The lowest BCUT2D eigenvalue weighted by molar-refractivity contribution is -0.849. The SMILES string of the molecule is FC(F)(F)C(F)(F)C(F)(F)C(F)(F)C(F)(F)C(F)(F)C(F)(F)C(F)(F)C(F)(F)C(F)(F)C(F)(F)C(F)(F)C(F)(F)C(F)(F)C(F)(F)C(F)(F)n1cc[n+](C(F)(F)C(F)(F)C(F)(F)C(F)(F)C(F)(F)C(F)(F)C(F)(F)C(F)(F)C(F)(F)C(F)(F)C(F)(F)C(F)(F)C(F)(F)C(F)(F)C(F)(F)C(F)(F)F)c1. The lowest BCUT2D eigenvalue weighted by Gasteiger charge is -2.46. The van der Waals surface area contributed by atoms with Crippen LogP contribution in [0.2, 0.25) is 0 Å². The molecule has 0 fully saturated rings. The molecule has 614 valence electrons. The van der Waals surface area contributed by atoms with Crippen LogP contribution in [0.25, 0.3) is 0 Å². The van der Waals surface area contributed by atoms with Crippen LogP contribution in [0.5, 0.6) is 0 Å². The molecule has 0 aromatic carbocycles. The van der Waals surface area contributed by atoms with Crippen molar-refractivity contribution in [3.05, 3.63) is 18.7 Å². The molecule has 1 heterocycles. The van der Waals surface area contributed by atoms with Crippen LogP contribution in [0.3, 0.4) is 0 Å². The molecule has 0 aliphatic carbocycles. The van der Waals surface area contributed by atoms with Crippen LogP contribution in [0.1, 0.15) is 0 Å². The van der Waals surface area contributed by atoms with Gasteiger partial charge in [-0.3, -0.25) is 0 Å². The van der Waals surface area contributed by atoms with Crippen LogP contribution < -0.4 is 4.57 Å². The molecule has 0 spiro atoms. The molecule has 0 aliphatic heterocycles. The van der Waals surface area contributed by atoms with E-state index in [-0.39, 0.29) is 0 Å². The highest BCUT2D eigenvalue weighted by atomic mass is 19.5. The molecule has 0 bridgehead atoms. The molecule has 0 unspecified atom stereocenters. The Kier molecular flexibility index (Phi) is 21.4. The Morgan fingerprint density at radius 1 is 0.146 bits per heavy atom. The Morgan fingerprint density at radius 2 is 0.262 bits per heavy atom. The normalized spacial score (nSPS) is 17.4. The molecule has 0 atom stereocenters. The molecule has 0 saturated heterocycles. The molecule has 2 nitrogen and oxygen atoms in total. The van der Waals surface area contributed by atoms with E-state index in [0.29, 0.717) is 0 Å². The van der Waals surface area contributed by atoms with Gasteiger partial charge in [-0.1, -0.05) is 0 Å². The van der Waals surface area contributed by atoms with E-state index in [0.717, 1.165) is 0 Å². The lowest BCUT2D eigenvalue weighted by Crippen LogP contribution is -2.80. The van der Waals surface area contributed by atoms with Crippen molar-refractivity contribution in [3.63, 3.8) is 0 Å². The second kappa shape index (κ2) is 23.1. The minimum Gasteiger partial charge on any atom is -0.192 e. The third-order valence-corrected chi connectivity index (χ3v) is 13.0. The highest BCUT2D eigenvalue weighted by Crippen LogP contribution is 2.74. The molecule has 0 radical (unpaired) electrons. The van der Waals surface area contributed by atoms with Gasteiger partial charge in [0, 0.05) is 0 Å². The molecular weight excluding hydrogens is 1700 g/mol. The largest absolute Gasteiger partial charge is 0.469 e. The zero-order chi connectivity index (χ0) is 85.3. The van der Waals surface area contributed by atoms with Gasteiger partial charge in [0.15, 0.2) is 0 Å².